The van der Waals surface area contributed by atoms with E-state index < -0.39 is 0 Å². The molecule has 0 atom stereocenters. The largest absolute Gasteiger partial charge is 0.356 e. The second-order valence-electron chi connectivity index (χ2n) is 4.95. The fourth-order valence-electron chi connectivity index (χ4n) is 2.25. The van der Waals surface area contributed by atoms with Crippen LogP contribution in [0, 0.1) is 0 Å². The molecule has 7 heteroatoms. The number of hydrogen-bond donors (Lipinski definition) is 1. The van der Waals surface area contributed by atoms with Crippen LogP contribution in [0.3, 0.4) is 0 Å². The van der Waals surface area contributed by atoms with Gasteiger partial charge >= 0.3 is 0 Å². The molecule has 5 nitrogen and oxygen atoms in total. The van der Waals surface area contributed by atoms with Crippen molar-refractivity contribution in [3.8, 4) is 11.3 Å². The van der Waals surface area contributed by atoms with E-state index in [1.54, 1.807) is 16.9 Å². The quantitative estimate of drug-likeness (QED) is 0.606. The number of hydrogen-bond acceptors (Lipinski definition) is 5. The molecular formula is C16H12ClN5S. The first kappa shape index (κ1) is 14.2. The average molecular weight is 342 g/mol. The Labute approximate surface area is 141 Å². The summed E-state index contributed by atoms with van der Waals surface area (Å²) >= 11 is 7.73. The molecule has 4 rings (SSSR count). The topological polar surface area (TPSA) is 55.1 Å². The summed E-state index contributed by atoms with van der Waals surface area (Å²) < 4.78 is 1.78. The van der Waals surface area contributed by atoms with Gasteiger partial charge in [0.2, 0.25) is 10.1 Å². The third-order valence-electron chi connectivity index (χ3n) is 3.39. The highest BCUT2D eigenvalue weighted by Crippen LogP contribution is 2.29. The minimum absolute atomic E-state index is 0.689. The Kier molecular flexibility index (Phi) is 3.69. The molecule has 0 fully saturated rings. The van der Waals surface area contributed by atoms with Gasteiger partial charge in [0.1, 0.15) is 0 Å². The Hall–Kier alpha value is -2.44. The Morgan fingerprint density at radius 2 is 1.96 bits per heavy atom. The normalized spacial score (nSPS) is 11.0. The van der Waals surface area contributed by atoms with Gasteiger partial charge < -0.3 is 5.32 Å². The highest BCUT2D eigenvalue weighted by atomic mass is 35.5. The van der Waals surface area contributed by atoms with Gasteiger partial charge in [-0.15, -0.1) is 5.10 Å². The Bertz CT molecular complexity index is 916. The van der Waals surface area contributed by atoms with Crippen LogP contribution in [0.4, 0.5) is 5.13 Å². The van der Waals surface area contributed by atoms with Crippen molar-refractivity contribution in [3.05, 3.63) is 65.6 Å². The number of nitrogens with one attached hydrogen (secondary N) is 1. The highest BCUT2D eigenvalue weighted by Gasteiger charge is 2.11. The van der Waals surface area contributed by atoms with Crippen molar-refractivity contribution >= 4 is 33.0 Å². The SMILES string of the molecule is Clc1ccccc1-c1cn2nc(NCc3ccncc3)sc2n1. The maximum Gasteiger partial charge on any atom is 0.214 e. The summed E-state index contributed by atoms with van der Waals surface area (Å²) in [6, 6.07) is 11.6. The zero-order chi connectivity index (χ0) is 15.6. The maximum absolute atomic E-state index is 6.22. The zero-order valence-corrected chi connectivity index (χ0v) is 13.6. The molecule has 0 aliphatic rings. The zero-order valence-electron chi connectivity index (χ0n) is 12.0. The van der Waals surface area contributed by atoms with E-state index in [0.29, 0.717) is 11.6 Å². The number of halogens is 1. The lowest BCUT2D eigenvalue weighted by molar-refractivity contribution is 0.961. The van der Waals surface area contributed by atoms with Crippen LogP contribution in [-0.2, 0) is 6.54 Å². The predicted molar refractivity (Wildman–Crippen MR) is 92.9 cm³/mol. The second kappa shape index (κ2) is 5.98. The summed E-state index contributed by atoms with van der Waals surface area (Å²) in [6.07, 6.45) is 5.45. The van der Waals surface area contributed by atoms with Crippen LogP contribution in [0.5, 0.6) is 0 Å². The van der Waals surface area contributed by atoms with E-state index in [1.807, 2.05) is 42.6 Å². The highest BCUT2D eigenvalue weighted by molar-refractivity contribution is 7.20. The van der Waals surface area contributed by atoms with Crippen molar-refractivity contribution in [2.45, 2.75) is 6.54 Å². The molecule has 3 aromatic heterocycles. The van der Waals surface area contributed by atoms with Crippen LogP contribution >= 0.6 is 22.9 Å². The smallest absolute Gasteiger partial charge is 0.214 e. The second-order valence-corrected chi connectivity index (χ2v) is 6.31. The fraction of sp³-hybridized carbons (Fsp3) is 0.0625. The van der Waals surface area contributed by atoms with E-state index in [1.165, 1.54) is 11.3 Å². The summed E-state index contributed by atoms with van der Waals surface area (Å²) in [5, 5.41) is 9.32. The van der Waals surface area contributed by atoms with Gasteiger partial charge in [-0.1, -0.05) is 41.1 Å². The van der Waals surface area contributed by atoms with Gasteiger partial charge in [0.25, 0.3) is 0 Å². The molecule has 0 spiro atoms. The van der Waals surface area contributed by atoms with Gasteiger partial charge in [0.15, 0.2) is 0 Å². The minimum atomic E-state index is 0.689. The maximum atomic E-state index is 6.22. The predicted octanol–water partition coefficient (Wildman–Crippen LogP) is 4.12. The minimum Gasteiger partial charge on any atom is -0.356 e. The molecule has 114 valence electrons. The molecule has 0 saturated carbocycles. The molecule has 0 unspecified atom stereocenters. The van der Waals surface area contributed by atoms with Gasteiger partial charge in [-0.05, 0) is 23.8 Å². The molecule has 1 N–H and O–H groups in total. The Morgan fingerprint density at radius 1 is 1.13 bits per heavy atom. The average Bonchev–Trinajstić information content (AvgIpc) is 3.13. The van der Waals surface area contributed by atoms with Crippen molar-refractivity contribution < 1.29 is 0 Å². The lowest BCUT2D eigenvalue weighted by Crippen LogP contribution is -1.99. The monoisotopic (exact) mass is 341 g/mol. The first-order valence-electron chi connectivity index (χ1n) is 7.03. The van der Waals surface area contributed by atoms with E-state index in [-0.39, 0.29) is 0 Å². The summed E-state index contributed by atoms with van der Waals surface area (Å²) in [7, 11) is 0. The van der Waals surface area contributed by atoms with Crippen molar-refractivity contribution in [3.63, 3.8) is 0 Å². The first-order chi connectivity index (χ1) is 11.3. The third kappa shape index (κ3) is 2.91. The van der Waals surface area contributed by atoms with E-state index >= 15 is 0 Å². The van der Waals surface area contributed by atoms with Crippen LogP contribution in [0.1, 0.15) is 5.56 Å². The number of nitrogens with zero attached hydrogens (tertiary/aromatic N) is 4. The molecule has 0 radical (unpaired) electrons. The van der Waals surface area contributed by atoms with Gasteiger partial charge in [0.05, 0.1) is 16.9 Å². The molecule has 0 saturated heterocycles. The van der Waals surface area contributed by atoms with Gasteiger partial charge in [0, 0.05) is 24.5 Å². The van der Waals surface area contributed by atoms with E-state index in [0.717, 1.165) is 26.9 Å². The summed E-state index contributed by atoms with van der Waals surface area (Å²) in [6.45, 7) is 0.705. The number of rotatable bonds is 4. The molecule has 1 aromatic carbocycles. The molecule has 0 amide bonds. The number of anilines is 1. The molecule has 0 aliphatic carbocycles. The first-order valence-corrected chi connectivity index (χ1v) is 8.23. The lowest BCUT2D eigenvalue weighted by Gasteiger charge is -2.01. The van der Waals surface area contributed by atoms with E-state index in [9.17, 15) is 0 Å². The van der Waals surface area contributed by atoms with E-state index in [4.69, 9.17) is 11.6 Å². The lowest BCUT2D eigenvalue weighted by atomic mass is 10.2. The van der Waals surface area contributed by atoms with Gasteiger partial charge in [-0.3, -0.25) is 4.98 Å². The third-order valence-corrected chi connectivity index (χ3v) is 4.60. The van der Waals surface area contributed by atoms with Crippen LogP contribution in [0.2, 0.25) is 5.02 Å². The molecule has 3 heterocycles. The van der Waals surface area contributed by atoms with Crippen LogP contribution < -0.4 is 5.32 Å². The van der Waals surface area contributed by atoms with Crippen molar-refractivity contribution in [2.24, 2.45) is 0 Å². The summed E-state index contributed by atoms with van der Waals surface area (Å²) in [4.78, 5) is 9.44. The van der Waals surface area contributed by atoms with E-state index in [2.05, 4.69) is 20.4 Å². The van der Waals surface area contributed by atoms with Crippen LogP contribution in [0.25, 0.3) is 16.2 Å². The van der Waals surface area contributed by atoms with Crippen molar-refractivity contribution in [1.82, 2.24) is 19.6 Å². The Balaban J connectivity index is 1.56. The van der Waals surface area contributed by atoms with Gasteiger partial charge in [-0.2, -0.15) is 0 Å². The molecule has 23 heavy (non-hydrogen) atoms. The molecule has 4 aromatic rings. The van der Waals surface area contributed by atoms with Crippen LogP contribution in [-0.4, -0.2) is 19.6 Å². The standard InChI is InChI=1S/C16H12ClN5S/c17-13-4-2-1-3-12(13)14-10-22-16(20-14)23-15(21-22)19-9-11-5-7-18-8-6-11/h1-8,10H,9H2,(H,19,21). The summed E-state index contributed by atoms with van der Waals surface area (Å²) in [5.74, 6) is 0. The Morgan fingerprint density at radius 3 is 2.74 bits per heavy atom. The number of pyridine rings is 1. The van der Waals surface area contributed by atoms with Crippen molar-refractivity contribution in [1.29, 1.82) is 0 Å². The number of benzene rings is 1. The number of aromatic nitrogens is 4. The molecular weight excluding hydrogens is 330 g/mol. The number of fused-ring (bicyclic) bond motifs is 1. The summed E-state index contributed by atoms with van der Waals surface area (Å²) in [5.41, 5.74) is 2.90. The molecule has 0 aliphatic heterocycles. The number of imidazole rings is 1. The fourth-order valence-corrected chi connectivity index (χ4v) is 3.26. The molecule has 0 bridgehead atoms. The van der Waals surface area contributed by atoms with Crippen molar-refractivity contribution in [2.75, 3.05) is 5.32 Å². The van der Waals surface area contributed by atoms with Crippen LogP contribution in [0.15, 0.2) is 55.0 Å². The van der Waals surface area contributed by atoms with Gasteiger partial charge in [-0.25, -0.2) is 9.50 Å².